The lowest BCUT2D eigenvalue weighted by Crippen LogP contribution is -2.35. The van der Waals surface area contributed by atoms with Gasteiger partial charge in [-0.2, -0.15) is 0 Å². The molecule has 2 aliphatic carbocycles. The second-order valence-electron chi connectivity index (χ2n) is 9.98. The van der Waals surface area contributed by atoms with E-state index in [1.54, 1.807) is 0 Å². The topological polar surface area (TPSA) is 52.6 Å². The third-order valence-corrected chi connectivity index (χ3v) is 7.30. The number of carbonyl (C=O) groups is 2. The Labute approximate surface area is 191 Å². The average Bonchev–Trinajstić information content (AvgIpc) is 2.81. The number of carbonyl (C=O) groups excluding carboxylic acids is 2. The van der Waals surface area contributed by atoms with Gasteiger partial charge in [0.05, 0.1) is 25.0 Å². The summed E-state index contributed by atoms with van der Waals surface area (Å²) in [6.45, 7) is 3.29. The molecule has 180 valence electrons. The van der Waals surface area contributed by atoms with Gasteiger partial charge in [-0.25, -0.2) is 0 Å². The van der Waals surface area contributed by atoms with E-state index in [0.717, 1.165) is 38.5 Å². The molecule has 0 aliphatic heterocycles. The smallest absolute Gasteiger partial charge is 0.309 e. The van der Waals surface area contributed by atoms with E-state index in [9.17, 15) is 9.59 Å². The van der Waals surface area contributed by atoms with Crippen LogP contribution in [-0.4, -0.2) is 25.2 Å². The third kappa shape index (κ3) is 10.9. The van der Waals surface area contributed by atoms with Crippen molar-refractivity contribution in [3.8, 4) is 0 Å². The first-order valence-electron chi connectivity index (χ1n) is 13.6. The van der Waals surface area contributed by atoms with Gasteiger partial charge in [0.2, 0.25) is 0 Å². The normalized spacial score (nSPS) is 22.2. The predicted molar refractivity (Wildman–Crippen MR) is 126 cm³/mol. The van der Waals surface area contributed by atoms with Gasteiger partial charge in [-0.15, -0.1) is 0 Å². The zero-order valence-corrected chi connectivity index (χ0v) is 20.2. The number of rotatable bonds is 15. The van der Waals surface area contributed by atoms with Crippen LogP contribution in [0.2, 0.25) is 0 Å². The first-order valence-corrected chi connectivity index (χ1v) is 13.6. The first-order chi connectivity index (χ1) is 15.2. The largest absolute Gasteiger partial charge is 0.465 e. The highest BCUT2D eigenvalue weighted by atomic mass is 16.5. The highest BCUT2D eigenvalue weighted by Crippen LogP contribution is 2.33. The number of unbranched alkanes of at least 4 members (excludes halogenated alkanes) is 9. The molecule has 4 heteroatoms. The fraction of sp³-hybridized carbons (Fsp3) is 0.926. The van der Waals surface area contributed by atoms with E-state index in [1.807, 2.05) is 0 Å². The number of esters is 2. The molecule has 0 heterocycles. The maximum absolute atomic E-state index is 12.7. The standard InChI is InChI=1S/C27H48O4/c1-2-3-4-5-6-7-8-9-10-16-21-30-26(28)24-19-14-15-20-25(24)27(29)31-22-23-17-12-11-13-18-23/h23-25H,2-22H2,1H3. The van der Waals surface area contributed by atoms with Gasteiger partial charge in [0, 0.05) is 0 Å². The minimum absolute atomic E-state index is 0.161. The Balaban J connectivity index is 1.56. The van der Waals surface area contributed by atoms with Crippen LogP contribution in [0, 0.1) is 17.8 Å². The molecule has 2 aliphatic rings. The van der Waals surface area contributed by atoms with Gasteiger partial charge >= 0.3 is 11.9 Å². The van der Waals surface area contributed by atoms with Crippen LogP contribution in [0.1, 0.15) is 129 Å². The van der Waals surface area contributed by atoms with Crippen molar-refractivity contribution in [1.29, 1.82) is 0 Å². The van der Waals surface area contributed by atoms with E-state index >= 15 is 0 Å². The van der Waals surface area contributed by atoms with Crippen molar-refractivity contribution in [1.82, 2.24) is 0 Å². The number of hydrogen-bond acceptors (Lipinski definition) is 4. The summed E-state index contributed by atoms with van der Waals surface area (Å²) in [5.74, 6) is -0.405. The van der Waals surface area contributed by atoms with Crippen molar-refractivity contribution in [3.63, 3.8) is 0 Å². The first kappa shape index (κ1) is 26.2. The maximum Gasteiger partial charge on any atom is 0.309 e. The molecule has 0 amide bonds. The molecule has 0 aromatic carbocycles. The SMILES string of the molecule is CCCCCCCCCCCCOC(=O)C1CCCCC1C(=O)OCC1CCCCC1. The fourth-order valence-corrected chi connectivity index (χ4v) is 5.23. The van der Waals surface area contributed by atoms with Crippen LogP contribution in [0.4, 0.5) is 0 Å². The van der Waals surface area contributed by atoms with Crippen molar-refractivity contribution in [3.05, 3.63) is 0 Å². The van der Waals surface area contributed by atoms with Crippen molar-refractivity contribution in [2.75, 3.05) is 13.2 Å². The highest BCUT2D eigenvalue weighted by molar-refractivity contribution is 5.82. The van der Waals surface area contributed by atoms with E-state index in [2.05, 4.69) is 6.92 Å². The van der Waals surface area contributed by atoms with Crippen LogP contribution in [0.25, 0.3) is 0 Å². The Morgan fingerprint density at radius 1 is 0.613 bits per heavy atom. The molecule has 0 bridgehead atoms. The van der Waals surface area contributed by atoms with E-state index in [-0.39, 0.29) is 23.8 Å². The van der Waals surface area contributed by atoms with E-state index < -0.39 is 0 Å². The molecular formula is C27H48O4. The van der Waals surface area contributed by atoms with Crippen LogP contribution in [0.3, 0.4) is 0 Å². The molecule has 0 spiro atoms. The summed E-state index contributed by atoms with van der Waals surface area (Å²) < 4.78 is 11.2. The van der Waals surface area contributed by atoms with Gasteiger partial charge in [0.25, 0.3) is 0 Å². The highest BCUT2D eigenvalue weighted by Gasteiger charge is 2.38. The Morgan fingerprint density at radius 2 is 1.10 bits per heavy atom. The van der Waals surface area contributed by atoms with Gasteiger partial charge in [-0.3, -0.25) is 9.59 Å². The zero-order chi connectivity index (χ0) is 22.2. The summed E-state index contributed by atoms with van der Waals surface area (Å²) in [7, 11) is 0. The summed E-state index contributed by atoms with van der Waals surface area (Å²) in [5.41, 5.74) is 0. The van der Waals surface area contributed by atoms with Crippen LogP contribution in [-0.2, 0) is 19.1 Å². The molecule has 2 fully saturated rings. The second kappa shape index (κ2) is 16.6. The molecule has 2 saturated carbocycles. The van der Waals surface area contributed by atoms with Crippen molar-refractivity contribution in [2.24, 2.45) is 17.8 Å². The lowest BCUT2D eigenvalue weighted by molar-refractivity contribution is -0.163. The molecule has 0 aromatic heterocycles. The molecule has 2 rings (SSSR count). The van der Waals surface area contributed by atoms with E-state index in [1.165, 1.54) is 83.5 Å². The van der Waals surface area contributed by atoms with E-state index in [4.69, 9.17) is 9.47 Å². The van der Waals surface area contributed by atoms with Crippen LogP contribution >= 0.6 is 0 Å². The molecule has 31 heavy (non-hydrogen) atoms. The van der Waals surface area contributed by atoms with Crippen LogP contribution in [0.15, 0.2) is 0 Å². The van der Waals surface area contributed by atoms with Crippen molar-refractivity contribution < 1.29 is 19.1 Å². The third-order valence-electron chi connectivity index (χ3n) is 7.30. The minimum Gasteiger partial charge on any atom is -0.465 e. The zero-order valence-electron chi connectivity index (χ0n) is 20.2. The van der Waals surface area contributed by atoms with Crippen molar-refractivity contribution in [2.45, 2.75) is 129 Å². The average molecular weight is 437 g/mol. The summed E-state index contributed by atoms with van der Waals surface area (Å²) in [6, 6.07) is 0. The molecule has 2 unspecified atom stereocenters. The van der Waals surface area contributed by atoms with Crippen molar-refractivity contribution >= 4 is 11.9 Å². The Bertz CT molecular complexity index is 484. The van der Waals surface area contributed by atoms with Crippen LogP contribution in [0.5, 0.6) is 0 Å². The molecule has 0 radical (unpaired) electrons. The summed E-state index contributed by atoms with van der Waals surface area (Å²) in [5, 5.41) is 0. The monoisotopic (exact) mass is 436 g/mol. The fourth-order valence-electron chi connectivity index (χ4n) is 5.23. The molecule has 4 nitrogen and oxygen atoms in total. The van der Waals surface area contributed by atoms with Gasteiger partial charge in [-0.05, 0) is 38.0 Å². The molecular weight excluding hydrogens is 388 g/mol. The summed E-state index contributed by atoms with van der Waals surface area (Å²) >= 11 is 0. The maximum atomic E-state index is 12.7. The van der Waals surface area contributed by atoms with Gasteiger partial charge in [0.1, 0.15) is 0 Å². The number of ether oxygens (including phenoxy) is 2. The van der Waals surface area contributed by atoms with Gasteiger partial charge < -0.3 is 9.47 Å². The molecule has 0 N–H and O–H groups in total. The Hall–Kier alpha value is -1.06. The lowest BCUT2D eigenvalue weighted by Gasteiger charge is -2.29. The minimum atomic E-state index is -0.296. The predicted octanol–water partition coefficient (Wildman–Crippen LogP) is 7.38. The lowest BCUT2D eigenvalue weighted by atomic mass is 9.79. The summed E-state index contributed by atoms with van der Waals surface area (Å²) in [4.78, 5) is 25.3. The molecule has 0 saturated heterocycles. The van der Waals surface area contributed by atoms with E-state index in [0.29, 0.717) is 19.1 Å². The second-order valence-corrected chi connectivity index (χ2v) is 9.98. The molecule has 0 aromatic rings. The summed E-state index contributed by atoms with van der Waals surface area (Å²) in [6.07, 6.45) is 22.4. The quantitative estimate of drug-likeness (QED) is 0.198. The Morgan fingerprint density at radius 3 is 1.68 bits per heavy atom. The number of hydrogen-bond donors (Lipinski definition) is 0. The van der Waals surface area contributed by atoms with Gasteiger partial charge in [0.15, 0.2) is 0 Å². The van der Waals surface area contributed by atoms with Crippen LogP contribution < -0.4 is 0 Å². The van der Waals surface area contributed by atoms with Gasteiger partial charge in [-0.1, -0.05) is 96.8 Å². The Kier molecular flexibility index (Phi) is 14.0. The molecule has 2 atom stereocenters.